The summed E-state index contributed by atoms with van der Waals surface area (Å²) in [5, 5.41) is 0.517. The highest BCUT2D eigenvalue weighted by molar-refractivity contribution is 7.99. The summed E-state index contributed by atoms with van der Waals surface area (Å²) in [4.78, 5) is 15.2. The summed E-state index contributed by atoms with van der Waals surface area (Å²) in [6, 6.07) is 16.4. The lowest BCUT2D eigenvalue weighted by atomic mass is 10.0. The van der Waals surface area contributed by atoms with Crippen LogP contribution in [0, 0.1) is 13.8 Å². The monoisotopic (exact) mass is 323 g/mol. The first-order valence-electron chi connectivity index (χ1n) is 7.38. The van der Waals surface area contributed by atoms with Crippen molar-refractivity contribution in [3.05, 3.63) is 59.7 Å². The number of aryl methyl sites for hydroxylation is 2. The van der Waals surface area contributed by atoms with E-state index in [0.717, 1.165) is 28.9 Å². The number of benzene rings is 2. The fourth-order valence-corrected chi connectivity index (χ4v) is 2.78. The third-order valence-electron chi connectivity index (χ3n) is 3.52. The third kappa shape index (κ3) is 3.54. The van der Waals surface area contributed by atoms with Gasteiger partial charge < -0.3 is 9.21 Å². The predicted molar refractivity (Wildman–Crippen MR) is 93.6 cm³/mol. The second-order valence-corrected chi connectivity index (χ2v) is 6.34. The number of aldehydes is 1. The van der Waals surface area contributed by atoms with Gasteiger partial charge in [0.15, 0.2) is 5.76 Å². The van der Waals surface area contributed by atoms with Crippen LogP contribution in [0.25, 0.3) is 22.6 Å². The van der Waals surface area contributed by atoms with Crippen LogP contribution in [-0.4, -0.2) is 17.0 Å². The molecule has 0 aliphatic carbocycles. The maximum Gasteiger partial charge on any atom is 0.257 e. The van der Waals surface area contributed by atoms with E-state index in [2.05, 4.69) is 43.1 Å². The van der Waals surface area contributed by atoms with Gasteiger partial charge in [0.1, 0.15) is 12.0 Å². The molecule has 0 saturated heterocycles. The van der Waals surface area contributed by atoms with E-state index in [1.54, 1.807) is 0 Å². The Morgan fingerprint density at radius 2 is 1.52 bits per heavy atom. The van der Waals surface area contributed by atoms with Gasteiger partial charge in [0, 0.05) is 11.1 Å². The molecule has 23 heavy (non-hydrogen) atoms. The molecule has 0 spiro atoms. The molecule has 0 aliphatic heterocycles. The van der Waals surface area contributed by atoms with Crippen LogP contribution in [0.1, 0.15) is 11.1 Å². The SMILES string of the molecule is Cc1ccc(-c2nc(SCC=O)oc2-c2ccc(C)cc2)cc1. The van der Waals surface area contributed by atoms with Crippen molar-refractivity contribution in [2.45, 2.75) is 19.1 Å². The van der Waals surface area contributed by atoms with Gasteiger partial charge in [0.05, 0.1) is 5.75 Å². The standard InChI is InChI=1S/C19H17NO2S/c1-13-3-7-15(8-4-13)17-18(16-9-5-14(2)6-10-16)22-19(20-17)23-12-11-21/h3-11H,12H2,1-2H3. The van der Waals surface area contributed by atoms with Crippen LogP contribution in [0.2, 0.25) is 0 Å². The molecule has 0 N–H and O–H groups in total. The fraction of sp³-hybridized carbons (Fsp3) is 0.158. The van der Waals surface area contributed by atoms with E-state index in [1.165, 1.54) is 22.9 Å². The molecule has 0 fully saturated rings. The molecule has 0 saturated carbocycles. The summed E-state index contributed by atoms with van der Waals surface area (Å²) in [6.45, 7) is 4.11. The van der Waals surface area contributed by atoms with Gasteiger partial charge in [-0.1, -0.05) is 71.4 Å². The first kappa shape index (κ1) is 15.6. The molecule has 4 heteroatoms. The van der Waals surface area contributed by atoms with Gasteiger partial charge in [-0.15, -0.1) is 0 Å². The molecule has 0 unspecified atom stereocenters. The molecule has 0 aliphatic rings. The van der Waals surface area contributed by atoms with Crippen molar-refractivity contribution in [1.29, 1.82) is 0 Å². The molecule has 0 radical (unpaired) electrons. The number of carbonyl (C=O) groups is 1. The van der Waals surface area contributed by atoms with Crippen molar-refractivity contribution < 1.29 is 9.21 Å². The van der Waals surface area contributed by atoms with Crippen LogP contribution >= 0.6 is 11.8 Å². The van der Waals surface area contributed by atoms with Gasteiger partial charge >= 0.3 is 0 Å². The second-order valence-electron chi connectivity index (χ2n) is 5.37. The minimum atomic E-state index is 0.335. The fourth-order valence-electron chi connectivity index (χ4n) is 2.28. The van der Waals surface area contributed by atoms with Crippen LogP contribution in [-0.2, 0) is 4.79 Å². The van der Waals surface area contributed by atoms with Gasteiger partial charge in [-0.25, -0.2) is 4.98 Å². The molecule has 3 nitrogen and oxygen atoms in total. The molecule has 3 aromatic rings. The highest BCUT2D eigenvalue weighted by atomic mass is 32.2. The number of oxazole rings is 1. The lowest BCUT2D eigenvalue weighted by molar-refractivity contribution is -0.105. The van der Waals surface area contributed by atoms with Crippen LogP contribution in [0.4, 0.5) is 0 Å². The Hall–Kier alpha value is -2.33. The lowest BCUT2D eigenvalue weighted by Gasteiger charge is -2.02. The quantitative estimate of drug-likeness (QED) is 0.494. The van der Waals surface area contributed by atoms with Crippen LogP contribution in [0.15, 0.2) is 58.2 Å². The number of thioether (sulfide) groups is 1. The maximum absolute atomic E-state index is 10.6. The van der Waals surface area contributed by atoms with Gasteiger partial charge in [-0.3, -0.25) is 0 Å². The predicted octanol–water partition coefficient (Wildman–Crippen LogP) is 4.92. The van der Waals surface area contributed by atoms with Crippen molar-refractivity contribution >= 4 is 18.0 Å². The minimum absolute atomic E-state index is 0.335. The highest BCUT2D eigenvalue weighted by Crippen LogP contribution is 2.35. The summed E-state index contributed by atoms with van der Waals surface area (Å²) in [7, 11) is 0. The average molecular weight is 323 g/mol. The van der Waals surface area contributed by atoms with Crippen molar-refractivity contribution in [2.75, 3.05) is 5.75 Å². The number of aromatic nitrogens is 1. The summed E-state index contributed by atoms with van der Waals surface area (Å²) in [5.74, 6) is 1.07. The maximum atomic E-state index is 10.6. The third-order valence-corrected chi connectivity index (χ3v) is 4.25. The Kier molecular flexibility index (Phi) is 4.63. The number of hydrogen-bond donors (Lipinski definition) is 0. The molecule has 1 aromatic heterocycles. The van der Waals surface area contributed by atoms with Gasteiger partial charge in [0.25, 0.3) is 5.22 Å². The lowest BCUT2D eigenvalue weighted by Crippen LogP contribution is -1.84. The van der Waals surface area contributed by atoms with Gasteiger partial charge in [0.2, 0.25) is 0 Å². The van der Waals surface area contributed by atoms with E-state index in [0.29, 0.717) is 11.0 Å². The molecule has 0 atom stereocenters. The molecular weight excluding hydrogens is 306 g/mol. The van der Waals surface area contributed by atoms with E-state index < -0.39 is 0 Å². The Balaban J connectivity index is 2.08. The molecule has 2 aromatic carbocycles. The van der Waals surface area contributed by atoms with E-state index in [-0.39, 0.29) is 0 Å². The normalized spacial score (nSPS) is 10.7. The molecule has 0 bridgehead atoms. The van der Waals surface area contributed by atoms with Crippen LogP contribution in [0.3, 0.4) is 0 Å². The first-order chi connectivity index (χ1) is 11.2. The largest absolute Gasteiger partial charge is 0.431 e. The second kappa shape index (κ2) is 6.84. The Labute approximate surface area is 139 Å². The number of rotatable bonds is 5. The molecule has 0 amide bonds. The van der Waals surface area contributed by atoms with Gasteiger partial charge in [-0.2, -0.15) is 0 Å². The number of carbonyl (C=O) groups excluding carboxylic acids is 1. The van der Waals surface area contributed by atoms with E-state index in [9.17, 15) is 4.79 Å². The smallest absolute Gasteiger partial charge is 0.257 e. The summed E-state index contributed by atoms with van der Waals surface area (Å²) in [6.07, 6.45) is 0.853. The van der Waals surface area contributed by atoms with Crippen molar-refractivity contribution in [1.82, 2.24) is 4.98 Å². The Morgan fingerprint density at radius 3 is 2.09 bits per heavy atom. The first-order valence-corrected chi connectivity index (χ1v) is 8.37. The van der Waals surface area contributed by atoms with Crippen molar-refractivity contribution in [3.63, 3.8) is 0 Å². The average Bonchev–Trinajstić information content (AvgIpc) is 2.98. The van der Waals surface area contributed by atoms with E-state index >= 15 is 0 Å². The number of nitrogens with zero attached hydrogens (tertiary/aromatic N) is 1. The highest BCUT2D eigenvalue weighted by Gasteiger charge is 2.17. The zero-order chi connectivity index (χ0) is 16.2. The zero-order valence-corrected chi connectivity index (χ0v) is 13.9. The van der Waals surface area contributed by atoms with E-state index in [1.807, 2.05) is 24.3 Å². The summed E-state index contributed by atoms with van der Waals surface area (Å²) >= 11 is 1.31. The summed E-state index contributed by atoms with van der Waals surface area (Å²) < 4.78 is 5.92. The minimum Gasteiger partial charge on any atom is -0.431 e. The summed E-state index contributed by atoms with van der Waals surface area (Å²) in [5.41, 5.74) is 5.19. The molecule has 3 rings (SSSR count). The van der Waals surface area contributed by atoms with Gasteiger partial charge in [-0.05, 0) is 13.8 Å². The number of hydrogen-bond acceptors (Lipinski definition) is 4. The van der Waals surface area contributed by atoms with Crippen LogP contribution < -0.4 is 0 Å². The van der Waals surface area contributed by atoms with Crippen molar-refractivity contribution in [3.8, 4) is 22.6 Å². The van der Waals surface area contributed by atoms with Crippen molar-refractivity contribution in [2.24, 2.45) is 0 Å². The molecular formula is C19H17NO2S. The molecule has 116 valence electrons. The van der Waals surface area contributed by atoms with E-state index in [4.69, 9.17) is 4.42 Å². The Morgan fingerprint density at radius 1 is 0.957 bits per heavy atom. The zero-order valence-electron chi connectivity index (χ0n) is 13.1. The Bertz CT molecular complexity index is 741. The molecule has 1 heterocycles. The topological polar surface area (TPSA) is 43.1 Å². The van der Waals surface area contributed by atoms with Crippen LogP contribution in [0.5, 0.6) is 0 Å².